The summed E-state index contributed by atoms with van der Waals surface area (Å²) in [6.45, 7) is 5.22. The number of carboxylic acid groups (broad SMARTS) is 1. The second-order valence-corrected chi connectivity index (χ2v) is 4.15. The predicted octanol–water partition coefficient (Wildman–Crippen LogP) is 0.842. The van der Waals surface area contributed by atoms with E-state index in [2.05, 4.69) is 4.98 Å². The number of aromatic nitrogens is 2. The highest BCUT2D eigenvalue weighted by Crippen LogP contribution is 2.15. The van der Waals surface area contributed by atoms with Gasteiger partial charge >= 0.3 is 5.97 Å². The molecule has 0 spiro atoms. The van der Waals surface area contributed by atoms with Crippen LogP contribution < -0.4 is 0 Å². The number of rotatable bonds is 4. The van der Waals surface area contributed by atoms with E-state index in [1.165, 1.54) is 6.92 Å². The fourth-order valence-corrected chi connectivity index (χ4v) is 1.35. The predicted molar refractivity (Wildman–Crippen MR) is 54.6 cm³/mol. The summed E-state index contributed by atoms with van der Waals surface area (Å²) in [5.74, 6) is -0.257. The van der Waals surface area contributed by atoms with Gasteiger partial charge in [0.05, 0.1) is 6.54 Å². The lowest BCUT2D eigenvalue weighted by Gasteiger charge is -2.20. The lowest BCUT2D eigenvalue weighted by Crippen LogP contribution is -2.39. The van der Waals surface area contributed by atoms with Gasteiger partial charge in [-0.1, -0.05) is 13.8 Å². The van der Waals surface area contributed by atoms with Crippen LogP contribution in [-0.2, 0) is 11.3 Å². The largest absolute Gasteiger partial charge is 0.479 e. The molecule has 0 saturated heterocycles. The quantitative estimate of drug-likeness (QED) is 0.775. The second-order valence-electron chi connectivity index (χ2n) is 4.15. The topological polar surface area (TPSA) is 75.3 Å². The second kappa shape index (κ2) is 4.02. The molecule has 0 fully saturated rings. The molecule has 0 aromatic carbocycles. The van der Waals surface area contributed by atoms with Crippen molar-refractivity contribution in [2.24, 2.45) is 0 Å². The molecule has 1 aromatic heterocycles. The third-order valence-electron chi connectivity index (χ3n) is 2.20. The maximum Gasteiger partial charge on any atom is 0.337 e. The molecule has 5 nitrogen and oxygen atoms in total. The number of aliphatic hydroxyl groups is 1. The molecule has 1 rings (SSSR count). The minimum Gasteiger partial charge on any atom is -0.479 e. The van der Waals surface area contributed by atoms with Crippen molar-refractivity contribution in [2.75, 3.05) is 0 Å². The average Bonchev–Trinajstić information content (AvgIpc) is 2.51. The SMILES string of the molecule is CC(C)c1nccn1CC(C)(O)C(=O)O. The van der Waals surface area contributed by atoms with Gasteiger partial charge in [0, 0.05) is 18.3 Å². The smallest absolute Gasteiger partial charge is 0.337 e. The molecule has 0 saturated carbocycles. The molecular weight excluding hydrogens is 196 g/mol. The Bertz CT molecular complexity index is 355. The van der Waals surface area contributed by atoms with E-state index in [9.17, 15) is 9.90 Å². The first-order valence-corrected chi connectivity index (χ1v) is 4.81. The van der Waals surface area contributed by atoms with E-state index in [0.717, 1.165) is 5.82 Å². The van der Waals surface area contributed by atoms with Crippen LogP contribution in [0.5, 0.6) is 0 Å². The van der Waals surface area contributed by atoms with Crippen LogP contribution in [0, 0.1) is 0 Å². The number of aliphatic carboxylic acids is 1. The molecule has 0 amide bonds. The van der Waals surface area contributed by atoms with E-state index < -0.39 is 11.6 Å². The summed E-state index contributed by atoms with van der Waals surface area (Å²) in [7, 11) is 0. The molecule has 5 heteroatoms. The van der Waals surface area contributed by atoms with E-state index in [0.29, 0.717) is 0 Å². The van der Waals surface area contributed by atoms with Crippen molar-refractivity contribution >= 4 is 5.97 Å². The molecule has 1 heterocycles. The molecular formula is C10H16N2O3. The van der Waals surface area contributed by atoms with Gasteiger partial charge in [-0.2, -0.15) is 0 Å². The number of carbonyl (C=O) groups is 1. The Balaban J connectivity index is 2.90. The van der Waals surface area contributed by atoms with Gasteiger partial charge in [-0.05, 0) is 6.92 Å². The highest BCUT2D eigenvalue weighted by atomic mass is 16.4. The molecule has 1 unspecified atom stereocenters. The zero-order chi connectivity index (χ0) is 11.6. The van der Waals surface area contributed by atoms with Crippen LogP contribution in [-0.4, -0.2) is 31.3 Å². The van der Waals surface area contributed by atoms with Crippen molar-refractivity contribution in [1.82, 2.24) is 9.55 Å². The minimum absolute atomic E-state index is 0.00977. The van der Waals surface area contributed by atoms with Crippen molar-refractivity contribution in [3.05, 3.63) is 18.2 Å². The summed E-state index contributed by atoms with van der Waals surface area (Å²) in [5, 5.41) is 18.4. The number of imidazole rings is 1. The minimum atomic E-state index is -1.76. The zero-order valence-electron chi connectivity index (χ0n) is 9.14. The molecule has 2 N–H and O–H groups in total. The third kappa shape index (κ3) is 2.56. The number of nitrogens with zero attached hydrogens (tertiary/aromatic N) is 2. The zero-order valence-corrected chi connectivity index (χ0v) is 9.14. The molecule has 84 valence electrons. The van der Waals surface area contributed by atoms with Crippen molar-refractivity contribution in [1.29, 1.82) is 0 Å². The van der Waals surface area contributed by atoms with Gasteiger partial charge in [0.25, 0.3) is 0 Å². The summed E-state index contributed by atoms with van der Waals surface area (Å²) in [6.07, 6.45) is 3.28. The molecule has 0 radical (unpaired) electrons. The Morgan fingerprint density at radius 3 is 2.73 bits per heavy atom. The standard InChI is InChI=1S/C10H16N2O3/c1-7(2)8-11-4-5-12(8)6-10(3,15)9(13)14/h4-5,7,15H,6H2,1-3H3,(H,13,14). The summed E-state index contributed by atoms with van der Waals surface area (Å²) in [4.78, 5) is 14.9. The molecule has 0 aliphatic heterocycles. The maximum absolute atomic E-state index is 10.7. The first-order valence-electron chi connectivity index (χ1n) is 4.81. The van der Waals surface area contributed by atoms with Gasteiger partial charge in [0.1, 0.15) is 5.82 Å². The fraction of sp³-hybridized carbons (Fsp3) is 0.600. The molecule has 0 bridgehead atoms. The lowest BCUT2D eigenvalue weighted by atomic mass is 10.1. The van der Waals surface area contributed by atoms with Crippen LogP contribution in [0.4, 0.5) is 0 Å². The van der Waals surface area contributed by atoms with E-state index in [1.54, 1.807) is 17.0 Å². The van der Waals surface area contributed by atoms with Crippen molar-refractivity contribution in [2.45, 2.75) is 38.8 Å². The number of hydrogen-bond acceptors (Lipinski definition) is 3. The van der Waals surface area contributed by atoms with E-state index >= 15 is 0 Å². The molecule has 0 aliphatic carbocycles. The Kier molecular flexibility index (Phi) is 3.14. The molecule has 15 heavy (non-hydrogen) atoms. The lowest BCUT2D eigenvalue weighted by molar-refractivity contribution is -0.157. The molecule has 1 atom stereocenters. The number of carboxylic acids is 1. The highest BCUT2D eigenvalue weighted by molar-refractivity contribution is 5.76. The van der Waals surface area contributed by atoms with Crippen LogP contribution in [0.3, 0.4) is 0 Å². The van der Waals surface area contributed by atoms with Crippen molar-refractivity contribution in [3.8, 4) is 0 Å². The van der Waals surface area contributed by atoms with E-state index in [4.69, 9.17) is 5.11 Å². The van der Waals surface area contributed by atoms with Crippen LogP contribution >= 0.6 is 0 Å². The first kappa shape index (κ1) is 11.7. The average molecular weight is 212 g/mol. The fourth-order valence-electron chi connectivity index (χ4n) is 1.35. The van der Waals surface area contributed by atoms with Crippen LogP contribution in [0.25, 0.3) is 0 Å². The van der Waals surface area contributed by atoms with Gasteiger partial charge in [-0.3, -0.25) is 0 Å². The van der Waals surface area contributed by atoms with Gasteiger partial charge in [-0.15, -0.1) is 0 Å². The number of hydrogen-bond donors (Lipinski definition) is 2. The van der Waals surface area contributed by atoms with Gasteiger partial charge in [0.2, 0.25) is 0 Å². The van der Waals surface area contributed by atoms with E-state index in [-0.39, 0.29) is 12.5 Å². The third-order valence-corrected chi connectivity index (χ3v) is 2.20. The summed E-state index contributed by atoms with van der Waals surface area (Å²) < 4.78 is 1.67. The van der Waals surface area contributed by atoms with Crippen molar-refractivity contribution in [3.63, 3.8) is 0 Å². The Morgan fingerprint density at radius 1 is 1.67 bits per heavy atom. The van der Waals surface area contributed by atoms with Crippen LogP contribution in [0.15, 0.2) is 12.4 Å². The normalized spacial score (nSPS) is 15.3. The maximum atomic E-state index is 10.7. The monoisotopic (exact) mass is 212 g/mol. The van der Waals surface area contributed by atoms with Gasteiger partial charge < -0.3 is 14.8 Å². The Hall–Kier alpha value is -1.36. The van der Waals surface area contributed by atoms with Crippen LogP contribution in [0.1, 0.15) is 32.5 Å². The van der Waals surface area contributed by atoms with E-state index in [1.807, 2.05) is 13.8 Å². The Morgan fingerprint density at radius 2 is 2.27 bits per heavy atom. The summed E-state index contributed by atoms with van der Waals surface area (Å²) in [5.41, 5.74) is -1.76. The van der Waals surface area contributed by atoms with Crippen LogP contribution in [0.2, 0.25) is 0 Å². The summed E-state index contributed by atoms with van der Waals surface area (Å²) >= 11 is 0. The Labute approximate surface area is 88.4 Å². The molecule has 0 aliphatic rings. The van der Waals surface area contributed by atoms with Gasteiger partial charge in [0.15, 0.2) is 5.60 Å². The van der Waals surface area contributed by atoms with Gasteiger partial charge in [-0.25, -0.2) is 9.78 Å². The van der Waals surface area contributed by atoms with Crippen molar-refractivity contribution < 1.29 is 15.0 Å². The summed E-state index contributed by atoms with van der Waals surface area (Å²) in [6, 6.07) is 0. The first-order chi connectivity index (χ1) is 6.84. The molecule has 1 aromatic rings. The highest BCUT2D eigenvalue weighted by Gasteiger charge is 2.31.